The first kappa shape index (κ1) is 17.5. The number of piperidine rings is 1. The molecule has 3 nitrogen and oxygen atoms in total. The average molecular weight is 328 g/mol. The van der Waals surface area contributed by atoms with Crippen LogP contribution in [0, 0.1) is 11.3 Å². The summed E-state index contributed by atoms with van der Waals surface area (Å²) >= 11 is 0. The molecule has 1 N–H and O–H groups in total. The molecule has 1 saturated heterocycles. The summed E-state index contributed by atoms with van der Waals surface area (Å²) in [6.07, 6.45) is 6.67. The molecule has 3 rings (SSSR count). The Morgan fingerprint density at radius 2 is 1.96 bits per heavy atom. The summed E-state index contributed by atoms with van der Waals surface area (Å²) in [7, 11) is 0. The van der Waals surface area contributed by atoms with E-state index in [9.17, 15) is 4.79 Å². The van der Waals surface area contributed by atoms with Gasteiger partial charge in [0.25, 0.3) is 0 Å². The molecule has 0 aromatic heterocycles. The molecule has 2 aliphatic rings. The van der Waals surface area contributed by atoms with E-state index in [2.05, 4.69) is 54.4 Å². The first-order valence-corrected chi connectivity index (χ1v) is 9.78. The Bertz CT molecular complexity index is 536. The lowest BCUT2D eigenvalue weighted by Crippen LogP contribution is -2.39. The number of nitrogens with one attached hydrogen (secondary N) is 1. The number of unbranched alkanes of at least 4 members (excludes halogenated alkanes) is 1. The molecule has 1 spiro atoms. The molecule has 2 fully saturated rings. The lowest BCUT2D eigenvalue weighted by Gasteiger charge is -2.33. The van der Waals surface area contributed by atoms with E-state index in [1.807, 2.05) is 0 Å². The van der Waals surface area contributed by atoms with E-state index < -0.39 is 0 Å². The number of amides is 1. The Hall–Kier alpha value is -1.35. The van der Waals surface area contributed by atoms with E-state index in [-0.39, 0.29) is 12.0 Å². The van der Waals surface area contributed by atoms with Crippen molar-refractivity contribution in [3.05, 3.63) is 35.9 Å². The van der Waals surface area contributed by atoms with Gasteiger partial charge in [-0.3, -0.25) is 4.79 Å². The number of benzene rings is 1. The summed E-state index contributed by atoms with van der Waals surface area (Å²) in [5.74, 6) is 0.690. The summed E-state index contributed by atoms with van der Waals surface area (Å²) in [4.78, 5) is 15.6. The number of hydrogen-bond donors (Lipinski definition) is 1. The maximum Gasteiger partial charge on any atom is 0.226 e. The topological polar surface area (TPSA) is 32.3 Å². The maximum atomic E-state index is 13.4. The van der Waals surface area contributed by atoms with Crippen molar-refractivity contribution in [3.63, 3.8) is 0 Å². The number of hydrogen-bond acceptors (Lipinski definition) is 2. The van der Waals surface area contributed by atoms with E-state index in [1.54, 1.807) is 0 Å². The quantitative estimate of drug-likeness (QED) is 0.815. The van der Waals surface area contributed by atoms with E-state index in [4.69, 9.17) is 0 Å². The monoisotopic (exact) mass is 328 g/mol. The SMILES string of the molecule is CCCCN(C(=O)C1CC12CCNCC2)C(CC)c1ccccc1. The van der Waals surface area contributed by atoms with Crippen LogP contribution in [0.4, 0.5) is 0 Å². The smallest absolute Gasteiger partial charge is 0.226 e. The van der Waals surface area contributed by atoms with Gasteiger partial charge in [0.1, 0.15) is 0 Å². The van der Waals surface area contributed by atoms with Gasteiger partial charge in [0.05, 0.1) is 6.04 Å². The van der Waals surface area contributed by atoms with E-state index in [1.165, 1.54) is 18.4 Å². The minimum absolute atomic E-state index is 0.226. The van der Waals surface area contributed by atoms with Crippen LogP contribution in [0.2, 0.25) is 0 Å². The molecule has 132 valence electrons. The predicted octanol–water partition coefficient (Wildman–Crippen LogP) is 4.16. The van der Waals surface area contributed by atoms with Gasteiger partial charge in [0.15, 0.2) is 0 Å². The molecule has 3 heteroatoms. The molecular formula is C21H32N2O. The van der Waals surface area contributed by atoms with Crippen molar-refractivity contribution in [2.45, 2.75) is 58.4 Å². The molecule has 1 aromatic carbocycles. The fourth-order valence-electron chi connectivity index (χ4n) is 4.43. The van der Waals surface area contributed by atoms with Gasteiger partial charge in [-0.1, -0.05) is 50.6 Å². The molecule has 24 heavy (non-hydrogen) atoms. The van der Waals surface area contributed by atoms with Crippen molar-refractivity contribution < 1.29 is 4.79 Å². The molecule has 1 amide bonds. The maximum absolute atomic E-state index is 13.4. The highest BCUT2D eigenvalue weighted by Crippen LogP contribution is 2.59. The molecule has 1 aliphatic heterocycles. The number of carbonyl (C=O) groups is 1. The summed E-state index contributed by atoms with van der Waals surface area (Å²) in [5, 5.41) is 3.44. The third-order valence-corrected chi connectivity index (χ3v) is 6.07. The zero-order valence-electron chi connectivity index (χ0n) is 15.3. The van der Waals surface area contributed by atoms with Gasteiger partial charge in [-0.25, -0.2) is 0 Å². The van der Waals surface area contributed by atoms with Crippen LogP contribution < -0.4 is 5.32 Å². The third-order valence-electron chi connectivity index (χ3n) is 6.07. The van der Waals surface area contributed by atoms with Crippen molar-refractivity contribution in [1.29, 1.82) is 0 Å². The minimum atomic E-state index is 0.226. The lowest BCUT2D eigenvalue weighted by atomic mass is 9.91. The van der Waals surface area contributed by atoms with Crippen LogP contribution in [0.5, 0.6) is 0 Å². The Morgan fingerprint density at radius 1 is 1.25 bits per heavy atom. The van der Waals surface area contributed by atoms with E-state index in [0.29, 0.717) is 11.3 Å². The highest BCUT2D eigenvalue weighted by Gasteiger charge is 2.58. The minimum Gasteiger partial charge on any atom is -0.335 e. The van der Waals surface area contributed by atoms with Crippen molar-refractivity contribution >= 4 is 5.91 Å². The van der Waals surface area contributed by atoms with Crippen molar-refractivity contribution in [2.24, 2.45) is 11.3 Å². The van der Waals surface area contributed by atoms with Gasteiger partial charge in [-0.2, -0.15) is 0 Å². The van der Waals surface area contributed by atoms with Crippen molar-refractivity contribution in [2.75, 3.05) is 19.6 Å². The number of rotatable bonds is 7. The summed E-state index contributed by atoms with van der Waals surface area (Å²) in [6, 6.07) is 10.8. The van der Waals surface area contributed by atoms with E-state index in [0.717, 1.165) is 45.3 Å². The van der Waals surface area contributed by atoms with Crippen LogP contribution in [0.1, 0.15) is 64.0 Å². The second kappa shape index (κ2) is 7.69. The molecule has 2 atom stereocenters. The van der Waals surface area contributed by atoms with Crippen LogP contribution in [-0.4, -0.2) is 30.4 Å². The van der Waals surface area contributed by atoms with Crippen LogP contribution in [0.15, 0.2) is 30.3 Å². The predicted molar refractivity (Wildman–Crippen MR) is 98.7 cm³/mol. The standard InChI is InChI=1S/C21H32N2O/c1-3-5-15-23(19(4-2)17-9-7-6-8-10-17)20(24)18-16-21(18)11-13-22-14-12-21/h6-10,18-19,22H,3-5,11-16H2,1-2H3. The summed E-state index contributed by atoms with van der Waals surface area (Å²) in [6.45, 7) is 7.46. The van der Waals surface area contributed by atoms with Gasteiger partial charge in [-0.05, 0) is 56.2 Å². The van der Waals surface area contributed by atoms with Crippen molar-refractivity contribution in [3.8, 4) is 0 Å². The van der Waals surface area contributed by atoms with Gasteiger partial charge in [0.2, 0.25) is 5.91 Å². The van der Waals surface area contributed by atoms with Crippen LogP contribution in [0.25, 0.3) is 0 Å². The molecule has 1 aliphatic carbocycles. The van der Waals surface area contributed by atoms with Crippen LogP contribution >= 0.6 is 0 Å². The largest absolute Gasteiger partial charge is 0.335 e. The molecule has 1 heterocycles. The lowest BCUT2D eigenvalue weighted by molar-refractivity contribution is -0.136. The molecule has 1 aromatic rings. The van der Waals surface area contributed by atoms with Gasteiger partial charge in [0, 0.05) is 12.5 Å². The molecule has 0 bridgehead atoms. The fraction of sp³-hybridized carbons (Fsp3) is 0.667. The second-order valence-corrected chi connectivity index (χ2v) is 7.59. The molecule has 2 unspecified atom stereocenters. The highest BCUT2D eigenvalue weighted by molar-refractivity contribution is 5.83. The zero-order chi connectivity index (χ0) is 17.0. The average Bonchev–Trinajstić information content (AvgIpc) is 3.32. The Labute approximate surface area is 146 Å². The first-order valence-electron chi connectivity index (χ1n) is 9.78. The number of carbonyl (C=O) groups excluding carboxylic acids is 1. The summed E-state index contributed by atoms with van der Waals surface area (Å²) < 4.78 is 0. The second-order valence-electron chi connectivity index (χ2n) is 7.59. The Kier molecular flexibility index (Phi) is 5.60. The highest BCUT2D eigenvalue weighted by atomic mass is 16.2. The number of nitrogens with zero attached hydrogens (tertiary/aromatic N) is 1. The van der Waals surface area contributed by atoms with Gasteiger partial charge in [-0.15, -0.1) is 0 Å². The van der Waals surface area contributed by atoms with Crippen LogP contribution in [0.3, 0.4) is 0 Å². The zero-order valence-corrected chi connectivity index (χ0v) is 15.3. The normalized spacial score (nSPS) is 23.0. The molecular weight excluding hydrogens is 296 g/mol. The van der Waals surface area contributed by atoms with Gasteiger partial charge < -0.3 is 10.2 Å². The van der Waals surface area contributed by atoms with Gasteiger partial charge >= 0.3 is 0 Å². The molecule has 1 saturated carbocycles. The molecule has 0 radical (unpaired) electrons. The Balaban J connectivity index is 1.77. The van der Waals surface area contributed by atoms with Crippen LogP contribution in [-0.2, 0) is 4.79 Å². The first-order chi connectivity index (χ1) is 11.7. The Morgan fingerprint density at radius 3 is 2.58 bits per heavy atom. The summed E-state index contributed by atoms with van der Waals surface area (Å²) in [5.41, 5.74) is 1.60. The third kappa shape index (κ3) is 3.51. The van der Waals surface area contributed by atoms with E-state index >= 15 is 0 Å². The fourth-order valence-corrected chi connectivity index (χ4v) is 4.43. The van der Waals surface area contributed by atoms with Crippen molar-refractivity contribution in [1.82, 2.24) is 10.2 Å².